The molecule has 0 saturated carbocycles. The fraction of sp³-hybridized carbons (Fsp3) is 0.118. The van der Waals surface area contributed by atoms with Gasteiger partial charge in [0.25, 0.3) is 0 Å². The summed E-state index contributed by atoms with van der Waals surface area (Å²) in [7, 11) is 0. The largest absolute Gasteiger partial charge is 0.483 e. The summed E-state index contributed by atoms with van der Waals surface area (Å²) >= 11 is 6.11. The predicted octanol–water partition coefficient (Wildman–Crippen LogP) is 4.45. The first-order chi connectivity index (χ1) is 10.6. The van der Waals surface area contributed by atoms with Crippen LogP contribution in [0.1, 0.15) is 18.7 Å². The smallest absolute Gasteiger partial charge is 0.138 e. The molecule has 3 N–H and O–H groups in total. The first-order valence-electron chi connectivity index (χ1n) is 6.96. The molecule has 22 heavy (non-hydrogen) atoms. The second-order valence-electron chi connectivity index (χ2n) is 5.02. The number of para-hydroxylation sites is 1. The van der Waals surface area contributed by atoms with E-state index in [-0.39, 0.29) is 6.10 Å². The van der Waals surface area contributed by atoms with Crippen LogP contribution in [0.2, 0.25) is 5.02 Å². The van der Waals surface area contributed by atoms with E-state index in [0.29, 0.717) is 16.5 Å². The van der Waals surface area contributed by atoms with Crippen LogP contribution >= 0.6 is 11.6 Å². The molecule has 1 heterocycles. The van der Waals surface area contributed by atoms with Crippen LogP contribution in [0.5, 0.6) is 5.75 Å². The van der Waals surface area contributed by atoms with E-state index in [4.69, 9.17) is 22.1 Å². The Bertz CT molecular complexity index is 785. The van der Waals surface area contributed by atoms with Crippen molar-refractivity contribution in [2.24, 2.45) is 0 Å². The summed E-state index contributed by atoms with van der Waals surface area (Å²) in [5.41, 5.74) is 9.18. The van der Waals surface area contributed by atoms with Gasteiger partial charge < -0.3 is 10.5 Å². The van der Waals surface area contributed by atoms with E-state index < -0.39 is 0 Å². The lowest BCUT2D eigenvalue weighted by molar-refractivity contribution is 0.222. The molecule has 1 unspecified atom stereocenters. The Labute approximate surface area is 133 Å². The molecule has 5 heteroatoms. The van der Waals surface area contributed by atoms with Crippen LogP contribution in [0.4, 0.5) is 5.69 Å². The molecule has 0 aliphatic carbocycles. The number of nitrogens with zero attached hydrogens (tertiary/aromatic N) is 1. The van der Waals surface area contributed by atoms with Gasteiger partial charge in [-0.3, -0.25) is 5.10 Å². The molecule has 0 amide bonds. The maximum Gasteiger partial charge on any atom is 0.138 e. The minimum absolute atomic E-state index is 0.192. The Morgan fingerprint density at radius 1 is 1.14 bits per heavy atom. The van der Waals surface area contributed by atoms with Crippen LogP contribution < -0.4 is 10.5 Å². The summed E-state index contributed by atoms with van der Waals surface area (Å²) in [6.45, 7) is 1.94. The molecule has 4 nitrogen and oxygen atoms in total. The minimum Gasteiger partial charge on any atom is -0.483 e. The molecule has 1 atom stereocenters. The topological polar surface area (TPSA) is 63.9 Å². The van der Waals surface area contributed by atoms with Crippen molar-refractivity contribution < 1.29 is 4.74 Å². The zero-order valence-corrected chi connectivity index (χ0v) is 12.8. The van der Waals surface area contributed by atoms with Gasteiger partial charge in [-0.2, -0.15) is 5.10 Å². The van der Waals surface area contributed by atoms with Gasteiger partial charge in [-0.05, 0) is 37.3 Å². The van der Waals surface area contributed by atoms with Crippen molar-refractivity contribution in [3.8, 4) is 17.0 Å². The van der Waals surface area contributed by atoms with Gasteiger partial charge >= 0.3 is 0 Å². The molecule has 2 aromatic carbocycles. The zero-order chi connectivity index (χ0) is 15.5. The lowest BCUT2D eigenvalue weighted by atomic mass is 10.1. The van der Waals surface area contributed by atoms with E-state index in [1.807, 2.05) is 55.5 Å². The van der Waals surface area contributed by atoms with Gasteiger partial charge in [0.05, 0.1) is 16.4 Å². The van der Waals surface area contributed by atoms with Gasteiger partial charge in [0.15, 0.2) is 0 Å². The first-order valence-corrected chi connectivity index (χ1v) is 7.33. The molecule has 3 rings (SSSR count). The van der Waals surface area contributed by atoms with Gasteiger partial charge in [-0.25, -0.2) is 0 Å². The van der Waals surface area contributed by atoms with E-state index in [1.165, 1.54) is 0 Å². The molecule has 0 spiro atoms. The number of H-pyrrole nitrogens is 1. The summed E-state index contributed by atoms with van der Waals surface area (Å²) in [6, 6.07) is 17.0. The number of aromatic nitrogens is 2. The molecule has 1 aromatic heterocycles. The lowest BCUT2D eigenvalue weighted by Gasteiger charge is -2.13. The van der Waals surface area contributed by atoms with Crippen molar-refractivity contribution in [2.45, 2.75) is 13.0 Å². The fourth-order valence-corrected chi connectivity index (χ4v) is 2.37. The average molecular weight is 314 g/mol. The number of aromatic amines is 1. The number of benzene rings is 2. The highest BCUT2D eigenvalue weighted by Crippen LogP contribution is 2.29. The van der Waals surface area contributed by atoms with Crippen molar-refractivity contribution in [3.05, 3.63) is 65.3 Å². The number of halogens is 1. The first kappa shape index (κ1) is 14.5. The highest BCUT2D eigenvalue weighted by Gasteiger charge is 2.13. The number of hydrogen-bond donors (Lipinski definition) is 2. The Balaban J connectivity index is 1.80. The Morgan fingerprint density at radius 2 is 1.95 bits per heavy atom. The second kappa shape index (κ2) is 6.12. The van der Waals surface area contributed by atoms with E-state index in [0.717, 1.165) is 17.0 Å². The molecule has 0 aliphatic rings. The van der Waals surface area contributed by atoms with Crippen LogP contribution in [-0.2, 0) is 0 Å². The van der Waals surface area contributed by atoms with E-state index in [1.54, 1.807) is 6.07 Å². The van der Waals surface area contributed by atoms with Crippen LogP contribution in [0.25, 0.3) is 11.3 Å². The molecule has 0 radical (unpaired) electrons. The highest BCUT2D eigenvalue weighted by atomic mass is 35.5. The van der Waals surface area contributed by atoms with E-state index >= 15 is 0 Å². The normalized spacial score (nSPS) is 12.1. The molecule has 3 aromatic rings. The quantitative estimate of drug-likeness (QED) is 0.699. The number of nitrogen functional groups attached to an aromatic ring is 1. The number of anilines is 1. The second-order valence-corrected chi connectivity index (χ2v) is 5.43. The summed E-state index contributed by atoms with van der Waals surface area (Å²) in [5, 5.41) is 7.91. The minimum atomic E-state index is -0.192. The van der Waals surface area contributed by atoms with E-state index in [2.05, 4.69) is 10.2 Å². The fourth-order valence-electron chi connectivity index (χ4n) is 2.18. The number of ether oxygens (including phenoxy) is 1. The number of nitrogens with two attached hydrogens (primary N) is 1. The number of nitrogens with one attached hydrogen (secondary N) is 1. The van der Waals surface area contributed by atoms with E-state index in [9.17, 15) is 0 Å². The summed E-state index contributed by atoms with van der Waals surface area (Å²) < 4.78 is 5.88. The van der Waals surface area contributed by atoms with Crippen molar-refractivity contribution in [1.29, 1.82) is 0 Å². The summed E-state index contributed by atoms with van der Waals surface area (Å²) in [6.07, 6.45) is -0.192. The molecule has 0 saturated heterocycles. The molecular weight excluding hydrogens is 298 g/mol. The highest BCUT2D eigenvalue weighted by molar-refractivity contribution is 6.32. The molecule has 0 fully saturated rings. The van der Waals surface area contributed by atoms with Crippen molar-refractivity contribution in [1.82, 2.24) is 10.2 Å². The van der Waals surface area contributed by atoms with Crippen LogP contribution in [0.15, 0.2) is 54.6 Å². The van der Waals surface area contributed by atoms with Gasteiger partial charge in [-0.1, -0.05) is 35.9 Å². The zero-order valence-electron chi connectivity index (χ0n) is 12.1. The summed E-state index contributed by atoms with van der Waals surface area (Å²) in [5.74, 6) is 0.650. The average Bonchev–Trinajstić information content (AvgIpc) is 2.99. The van der Waals surface area contributed by atoms with Crippen molar-refractivity contribution in [3.63, 3.8) is 0 Å². The maximum absolute atomic E-state index is 6.11. The van der Waals surface area contributed by atoms with Gasteiger partial charge in [0.2, 0.25) is 0 Å². The predicted molar refractivity (Wildman–Crippen MR) is 88.9 cm³/mol. The monoisotopic (exact) mass is 313 g/mol. The third kappa shape index (κ3) is 3.07. The molecule has 112 valence electrons. The van der Waals surface area contributed by atoms with Crippen molar-refractivity contribution in [2.75, 3.05) is 5.73 Å². The van der Waals surface area contributed by atoms with Crippen LogP contribution in [-0.4, -0.2) is 10.2 Å². The van der Waals surface area contributed by atoms with Crippen LogP contribution in [0.3, 0.4) is 0 Å². The number of hydrogen-bond acceptors (Lipinski definition) is 3. The molecular formula is C17H16ClN3O. The summed E-state index contributed by atoms with van der Waals surface area (Å²) in [4.78, 5) is 0. The Morgan fingerprint density at radius 3 is 2.73 bits per heavy atom. The standard InChI is InChI=1S/C17H16ClN3O/c1-11(22-17-8-3-2-7-14(17)18)15-10-16(21-20-15)12-5-4-6-13(19)9-12/h2-11H,19H2,1H3,(H,20,21). The SMILES string of the molecule is CC(Oc1ccccc1Cl)c1cc(-c2cccc(N)c2)n[nH]1. The Hall–Kier alpha value is -2.46. The van der Waals surface area contributed by atoms with Gasteiger partial charge in [0, 0.05) is 11.3 Å². The van der Waals surface area contributed by atoms with Gasteiger partial charge in [-0.15, -0.1) is 0 Å². The molecule has 0 bridgehead atoms. The van der Waals surface area contributed by atoms with Crippen LogP contribution in [0, 0.1) is 0 Å². The maximum atomic E-state index is 6.11. The molecule has 0 aliphatic heterocycles. The third-order valence-electron chi connectivity index (χ3n) is 3.36. The Kier molecular flexibility index (Phi) is 4.02. The number of rotatable bonds is 4. The van der Waals surface area contributed by atoms with Crippen molar-refractivity contribution >= 4 is 17.3 Å². The van der Waals surface area contributed by atoms with Gasteiger partial charge in [0.1, 0.15) is 11.9 Å². The third-order valence-corrected chi connectivity index (χ3v) is 3.67. The lowest BCUT2D eigenvalue weighted by Crippen LogP contribution is -2.03.